The number of fused-ring (bicyclic) bond motifs is 1. The third-order valence-electron chi connectivity index (χ3n) is 3.24. The topological polar surface area (TPSA) is 74.7 Å². The van der Waals surface area contributed by atoms with Crippen LogP contribution >= 0.6 is 0 Å². The highest BCUT2D eigenvalue weighted by atomic mass is 19.4. The summed E-state index contributed by atoms with van der Waals surface area (Å²) >= 11 is 0. The van der Waals surface area contributed by atoms with Gasteiger partial charge in [0.1, 0.15) is 11.3 Å². The van der Waals surface area contributed by atoms with Crippen molar-refractivity contribution in [3.8, 4) is 5.75 Å². The highest BCUT2D eigenvalue weighted by Crippen LogP contribution is 2.36. The first kappa shape index (κ1) is 17.5. The molecule has 0 aliphatic rings. The maximum Gasteiger partial charge on any atom is 0.434 e. The van der Waals surface area contributed by atoms with Gasteiger partial charge in [-0.05, 0) is 18.2 Å². The van der Waals surface area contributed by atoms with Gasteiger partial charge in [0.25, 0.3) is 0 Å². The van der Waals surface area contributed by atoms with Crippen molar-refractivity contribution in [1.82, 2.24) is 4.98 Å². The van der Waals surface area contributed by atoms with Crippen molar-refractivity contribution < 1.29 is 37.0 Å². The van der Waals surface area contributed by atoms with E-state index in [-0.39, 0.29) is 16.7 Å². The SMILES string of the molecule is COC(=O)c1c(C(F)(F)F)nc2ccc(OC)cc2c1C(=O)OC. The van der Waals surface area contributed by atoms with E-state index in [1.165, 1.54) is 25.3 Å². The molecule has 6 nitrogen and oxygen atoms in total. The summed E-state index contributed by atoms with van der Waals surface area (Å²) in [4.78, 5) is 27.5. The number of halogens is 3. The van der Waals surface area contributed by atoms with Crippen molar-refractivity contribution in [2.75, 3.05) is 21.3 Å². The zero-order valence-corrected chi connectivity index (χ0v) is 12.9. The van der Waals surface area contributed by atoms with Crippen LogP contribution in [0.1, 0.15) is 26.4 Å². The van der Waals surface area contributed by atoms with Crippen molar-refractivity contribution in [2.24, 2.45) is 0 Å². The first-order valence-corrected chi connectivity index (χ1v) is 6.50. The summed E-state index contributed by atoms with van der Waals surface area (Å²) in [5, 5.41) is -0.0189. The Hall–Kier alpha value is -2.84. The Morgan fingerprint density at radius 2 is 1.58 bits per heavy atom. The van der Waals surface area contributed by atoms with E-state index in [2.05, 4.69) is 14.5 Å². The summed E-state index contributed by atoms with van der Waals surface area (Å²) in [5.41, 5.74) is -3.25. The van der Waals surface area contributed by atoms with Gasteiger partial charge in [0.05, 0.1) is 32.4 Å². The normalized spacial score (nSPS) is 11.2. The lowest BCUT2D eigenvalue weighted by molar-refractivity contribution is -0.141. The molecule has 0 atom stereocenters. The molecule has 0 bridgehead atoms. The van der Waals surface area contributed by atoms with Gasteiger partial charge in [0.15, 0.2) is 5.69 Å². The quantitative estimate of drug-likeness (QED) is 0.798. The number of hydrogen-bond acceptors (Lipinski definition) is 6. The molecule has 0 radical (unpaired) electrons. The van der Waals surface area contributed by atoms with Crippen molar-refractivity contribution in [2.45, 2.75) is 6.18 Å². The monoisotopic (exact) mass is 343 g/mol. The number of pyridine rings is 1. The molecule has 2 rings (SSSR count). The molecule has 0 spiro atoms. The van der Waals surface area contributed by atoms with Crippen LogP contribution in [0, 0.1) is 0 Å². The first-order valence-electron chi connectivity index (χ1n) is 6.50. The van der Waals surface area contributed by atoms with Crippen LogP contribution in [0.3, 0.4) is 0 Å². The van der Waals surface area contributed by atoms with E-state index in [0.717, 1.165) is 14.2 Å². The fraction of sp³-hybridized carbons (Fsp3) is 0.267. The predicted molar refractivity (Wildman–Crippen MR) is 76.0 cm³/mol. The molecule has 128 valence electrons. The van der Waals surface area contributed by atoms with Crippen LogP contribution < -0.4 is 4.74 Å². The number of esters is 2. The molecule has 1 heterocycles. The summed E-state index contributed by atoms with van der Waals surface area (Å²) in [6.45, 7) is 0. The molecule has 0 unspecified atom stereocenters. The highest BCUT2D eigenvalue weighted by Gasteiger charge is 2.41. The number of aromatic nitrogens is 1. The lowest BCUT2D eigenvalue weighted by Gasteiger charge is -2.16. The molecule has 1 aromatic carbocycles. The van der Waals surface area contributed by atoms with Gasteiger partial charge in [-0.15, -0.1) is 0 Å². The first-order chi connectivity index (χ1) is 11.2. The molecule has 0 aliphatic carbocycles. The second-order valence-corrected chi connectivity index (χ2v) is 4.57. The second kappa shape index (κ2) is 6.34. The van der Waals surface area contributed by atoms with E-state index in [1.807, 2.05) is 0 Å². The number of alkyl halides is 3. The Morgan fingerprint density at radius 3 is 2.08 bits per heavy atom. The lowest BCUT2D eigenvalue weighted by atomic mass is 9.99. The molecule has 2 aromatic rings. The number of nitrogens with zero attached hydrogens (tertiary/aromatic N) is 1. The second-order valence-electron chi connectivity index (χ2n) is 4.57. The third kappa shape index (κ3) is 2.97. The number of benzene rings is 1. The predicted octanol–water partition coefficient (Wildman–Crippen LogP) is 2.84. The minimum Gasteiger partial charge on any atom is -0.497 e. The van der Waals surface area contributed by atoms with Gasteiger partial charge in [-0.25, -0.2) is 14.6 Å². The number of methoxy groups -OCH3 is 3. The maximum atomic E-state index is 13.3. The minimum absolute atomic E-state index is 0.0189. The zero-order chi connectivity index (χ0) is 18.1. The van der Waals surface area contributed by atoms with Gasteiger partial charge in [-0.2, -0.15) is 13.2 Å². The van der Waals surface area contributed by atoms with Crippen molar-refractivity contribution >= 4 is 22.8 Å². The Bertz CT molecular complexity index is 817. The molecule has 0 fully saturated rings. The maximum absolute atomic E-state index is 13.3. The van der Waals surface area contributed by atoms with Crippen LogP contribution in [-0.2, 0) is 15.7 Å². The summed E-state index contributed by atoms with van der Waals surface area (Å²) in [5.74, 6) is -2.20. The largest absolute Gasteiger partial charge is 0.497 e. The van der Waals surface area contributed by atoms with Crippen LogP contribution in [0.2, 0.25) is 0 Å². The van der Waals surface area contributed by atoms with Crippen molar-refractivity contribution in [1.29, 1.82) is 0 Å². The average Bonchev–Trinajstić information content (AvgIpc) is 2.57. The molecule has 0 amide bonds. The molecular weight excluding hydrogens is 331 g/mol. The standard InChI is InChI=1S/C15H12F3NO5/c1-22-7-4-5-9-8(6-7)10(13(20)23-2)11(14(21)24-3)12(19-9)15(16,17)18/h4-6H,1-3H3. The zero-order valence-electron chi connectivity index (χ0n) is 12.9. The molecule has 0 saturated carbocycles. The molecule has 9 heteroatoms. The van der Waals surface area contributed by atoms with E-state index >= 15 is 0 Å². The van der Waals surface area contributed by atoms with Gasteiger partial charge in [0, 0.05) is 5.39 Å². The number of carbonyl (C=O) groups is 2. The average molecular weight is 343 g/mol. The third-order valence-corrected chi connectivity index (χ3v) is 3.24. The van der Waals surface area contributed by atoms with Crippen LogP contribution in [0.25, 0.3) is 10.9 Å². The number of carbonyl (C=O) groups excluding carboxylic acids is 2. The highest BCUT2D eigenvalue weighted by molar-refractivity contribution is 6.12. The lowest BCUT2D eigenvalue weighted by Crippen LogP contribution is -2.22. The van der Waals surface area contributed by atoms with Crippen LogP contribution in [-0.4, -0.2) is 38.3 Å². The van der Waals surface area contributed by atoms with E-state index in [1.54, 1.807) is 0 Å². The molecular formula is C15H12F3NO5. The van der Waals surface area contributed by atoms with Crippen LogP contribution in [0.15, 0.2) is 18.2 Å². The van der Waals surface area contributed by atoms with E-state index < -0.39 is 34.9 Å². The van der Waals surface area contributed by atoms with Crippen molar-refractivity contribution in [3.05, 3.63) is 35.0 Å². The van der Waals surface area contributed by atoms with Gasteiger partial charge in [-0.1, -0.05) is 0 Å². The summed E-state index contributed by atoms with van der Waals surface area (Å²) < 4.78 is 53.9. The smallest absolute Gasteiger partial charge is 0.434 e. The Morgan fingerprint density at radius 1 is 1.00 bits per heavy atom. The van der Waals surface area contributed by atoms with Crippen molar-refractivity contribution in [3.63, 3.8) is 0 Å². The number of hydrogen-bond donors (Lipinski definition) is 0. The van der Waals surface area contributed by atoms with Crippen LogP contribution in [0.4, 0.5) is 13.2 Å². The fourth-order valence-electron chi connectivity index (χ4n) is 2.19. The van der Waals surface area contributed by atoms with Gasteiger partial charge in [0.2, 0.25) is 0 Å². The molecule has 24 heavy (non-hydrogen) atoms. The molecule has 1 aromatic heterocycles. The van der Waals surface area contributed by atoms with Crippen LogP contribution in [0.5, 0.6) is 5.75 Å². The van der Waals surface area contributed by atoms with E-state index in [0.29, 0.717) is 0 Å². The fourth-order valence-corrected chi connectivity index (χ4v) is 2.19. The number of rotatable bonds is 3. The minimum atomic E-state index is -4.97. The summed E-state index contributed by atoms with van der Waals surface area (Å²) in [6, 6.07) is 3.92. The Balaban J connectivity index is 3.03. The molecule has 0 aliphatic heterocycles. The number of ether oxygens (including phenoxy) is 3. The van der Waals surface area contributed by atoms with E-state index in [4.69, 9.17) is 4.74 Å². The van der Waals surface area contributed by atoms with Gasteiger partial charge >= 0.3 is 18.1 Å². The molecule has 0 N–H and O–H groups in total. The van der Waals surface area contributed by atoms with Gasteiger partial charge < -0.3 is 14.2 Å². The summed E-state index contributed by atoms with van der Waals surface area (Å²) in [7, 11) is 3.24. The Kier molecular flexibility index (Phi) is 4.63. The molecule has 0 saturated heterocycles. The Labute approximate surface area is 134 Å². The summed E-state index contributed by atoms with van der Waals surface area (Å²) in [6.07, 6.45) is -4.97. The van der Waals surface area contributed by atoms with E-state index in [9.17, 15) is 22.8 Å². The van der Waals surface area contributed by atoms with Gasteiger partial charge in [-0.3, -0.25) is 0 Å².